The maximum absolute atomic E-state index is 13.0. The first kappa shape index (κ1) is 23.3. The van der Waals surface area contributed by atoms with E-state index in [4.69, 9.17) is 0 Å². The fourth-order valence-electron chi connectivity index (χ4n) is 4.95. The highest BCUT2D eigenvalue weighted by Crippen LogP contribution is 2.30. The van der Waals surface area contributed by atoms with Gasteiger partial charge in [-0.25, -0.2) is 0 Å². The van der Waals surface area contributed by atoms with Gasteiger partial charge in [0.2, 0.25) is 11.8 Å². The lowest BCUT2D eigenvalue weighted by Crippen LogP contribution is -2.52. The number of benzene rings is 1. The SMILES string of the molecule is CCc1ccc(C(=O)N2CCC(C#Cc3cccc4c3CN(C3CCC(=O)NC3=O)C4=O)CC2)s1. The zero-order valence-electron chi connectivity index (χ0n) is 19.6. The smallest absolute Gasteiger partial charge is 0.263 e. The average Bonchev–Trinajstić information content (AvgIpc) is 3.48. The number of carbonyl (C=O) groups is 4. The van der Waals surface area contributed by atoms with Gasteiger partial charge in [0.25, 0.3) is 11.8 Å². The van der Waals surface area contributed by atoms with Gasteiger partial charge in [0.15, 0.2) is 0 Å². The summed E-state index contributed by atoms with van der Waals surface area (Å²) < 4.78 is 0. The van der Waals surface area contributed by atoms with Gasteiger partial charge in [-0.3, -0.25) is 24.5 Å². The number of hydrogen-bond donors (Lipinski definition) is 1. The fourth-order valence-corrected chi connectivity index (χ4v) is 5.86. The van der Waals surface area contributed by atoms with E-state index in [1.807, 2.05) is 29.2 Å². The van der Waals surface area contributed by atoms with E-state index in [9.17, 15) is 19.2 Å². The Labute approximate surface area is 208 Å². The summed E-state index contributed by atoms with van der Waals surface area (Å²) >= 11 is 1.57. The third-order valence-corrected chi connectivity index (χ3v) is 8.21. The second-order valence-corrected chi connectivity index (χ2v) is 10.4. The molecule has 35 heavy (non-hydrogen) atoms. The standard InChI is InChI=1S/C27H27N3O4S/c1-2-19-8-10-23(35-19)27(34)29-14-12-17(13-15-29)6-7-18-4-3-5-20-21(18)16-30(26(20)33)22-9-11-24(31)28-25(22)32/h3-5,8,10,17,22H,2,9,11-16H2,1H3,(H,28,31,32). The van der Waals surface area contributed by atoms with Gasteiger partial charge in [-0.15, -0.1) is 11.3 Å². The molecule has 1 N–H and O–H groups in total. The quantitative estimate of drug-likeness (QED) is 0.531. The number of nitrogens with one attached hydrogen (secondary N) is 1. The molecule has 180 valence electrons. The Morgan fingerprint density at radius 3 is 2.63 bits per heavy atom. The molecule has 0 spiro atoms. The molecule has 2 aromatic rings. The van der Waals surface area contributed by atoms with Gasteiger partial charge in [-0.2, -0.15) is 0 Å². The summed E-state index contributed by atoms with van der Waals surface area (Å²) in [4.78, 5) is 55.1. The molecule has 1 aromatic heterocycles. The molecule has 1 aromatic carbocycles. The lowest BCUT2D eigenvalue weighted by molar-refractivity contribution is -0.136. The van der Waals surface area contributed by atoms with Crippen molar-refractivity contribution >= 4 is 35.0 Å². The number of carbonyl (C=O) groups excluding carboxylic acids is 4. The van der Waals surface area contributed by atoms with Crippen molar-refractivity contribution in [2.75, 3.05) is 13.1 Å². The molecule has 2 saturated heterocycles. The molecule has 0 bridgehead atoms. The van der Waals surface area contributed by atoms with Crippen LogP contribution in [0.15, 0.2) is 30.3 Å². The summed E-state index contributed by atoms with van der Waals surface area (Å²) in [5.74, 6) is 6.04. The molecule has 7 nitrogen and oxygen atoms in total. The number of likely N-dealkylation sites (tertiary alicyclic amines) is 1. The van der Waals surface area contributed by atoms with Gasteiger partial charge in [0.1, 0.15) is 6.04 Å². The number of rotatable bonds is 3. The Morgan fingerprint density at radius 2 is 1.91 bits per heavy atom. The van der Waals surface area contributed by atoms with E-state index in [0.29, 0.717) is 31.6 Å². The topological polar surface area (TPSA) is 86.8 Å². The summed E-state index contributed by atoms with van der Waals surface area (Å²) in [7, 11) is 0. The van der Waals surface area contributed by atoms with Crippen LogP contribution in [0.3, 0.4) is 0 Å². The summed E-state index contributed by atoms with van der Waals surface area (Å²) in [6, 6.07) is 8.82. The van der Waals surface area contributed by atoms with Crippen molar-refractivity contribution in [3.63, 3.8) is 0 Å². The first-order valence-electron chi connectivity index (χ1n) is 12.1. The molecule has 0 saturated carbocycles. The highest BCUT2D eigenvalue weighted by molar-refractivity contribution is 7.14. The maximum Gasteiger partial charge on any atom is 0.263 e. The van der Waals surface area contributed by atoms with Gasteiger partial charge in [0, 0.05) is 48.0 Å². The van der Waals surface area contributed by atoms with Crippen molar-refractivity contribution in [3.05, 3.63) is 56.8 Å². The molecule has 1 atom stereocenters. The number of nitrogens with zero attached hydrogens (tertiary/aromatic N) is 2. The van der Waals surface area contributed by atoms with Crippen LogP contribution < -0.4 is 5.32 Å². The Morgan fingerprint density at radius 1 is 1.11 bits per heavy atom. The van der Waals surface area contributed by atoms with Gasteiger partial charge in [0.05, 0.1) is 4.88 Å². The van der Waals surface area contributed by atoms with E-state index in [1.165, 1.54) is 4.88 Å². The van der Waals surface area contributed by atoms with Gasteiger partial charge >= 0.3 is 0 Å². The number of hydrogen-bond acceptors (Lipinski definition) is 5. The van der Waals surface area contributed by atoms with E-state index in [-0.39, 0.29) is 30.1 Å². The van der Waals surface area contributed by atoms with Crippen LogP contribution in [0.2, 0.25) is 0 Å². The number of thiophene rings is 1. The van der Waals surface area contributed by atoms with E-state index in [2.05, 4.69) is 24.1 Å². The molecular formula is C27H27N3O4S. The predicted molar refractivity (Wildman–Crippen MR) is 132 cm³/mol. The zero-order valence-corrected chi connectivity index (χ0v) is 20.5. The van der Waals surface area contributed by atoms with Crippen molar-refractivity contribution in [1.29, 1.82) is 0 Å². The molecule has 0 aliphatic carbocycles. The van der Waals surface area contributed by atoms with E-state index in [1.54, 1.807) is 22.3 Å². The first-order valence-corrected chi connectivity index (χ1v) is 12.9. The van der Waals surface area contributed by atoms with Crippen LogP contribution in [-0.4, -0.2) is 52.6 Å². The minimum Gasteiger partial charge on any atom is -0.338 e. The van der Waals surface area contributed by atoms with Crippen molar-refractivity contribution in [1.82, 2.24) is 15.1 Å². The Kier molecular flexibility index (Phi) is 6.44. The van der Waals surface area contributed by atoms with E-state index < -0.39 is 11.9 Å². The maximum atomic E-state index is 13.0. The van der Waals surface area contributed by atoms with Crippen LogP contribution in [-0.2, 0) is 22.6 Å². The van der Waals surface area contributed by atoms with Gasteiger partial charge < -0.3 is 9.80 Å². The molecule has 0 radical (unpaired) electrons. The summed E-state index contributed by atoms with van der Waals surface area (Å²) in [5, 5.41) is 2.34. The lowest BCUT2D eigenvalue weighted by Gasteiger charge is -2.29. The molecule has 4 amide bonds. The van der Waals surface area contributed by atoms with Crippen LogP contribution in [0.4, 0.5) is 0 Å². The number of aryl methyl sites for hydroxylation is 1. The van der Waals surface area contributed by atoms with Crippen molar-refractivity contribution in [2.45, 2.75) is 51.6 Å². The third-order valence-electron chi connectivity index (χ3n) is 7.00. The van der Waals surface area contributed by atoms with Crippen molar-refractivity contribution in [3.8, 4) is 11.8 Å². The summed E-state index contributed by atoms with van der Waals surface area (Å²) in [6.45, 7) is 3.78. The molecule has 8 heteroatoms. The number of amides is 4. The van der Waals surface area contributed by atoms with Crippen LogP contribution in [0.5, 0.6) is 0 Å². The van der Waals surface area contributed by atoms with E-state index >= 15 is 0 Å². The molecule has 3 aliphatic rings. The van der Waals surface area contributed by atoms with Crippen molar-refractivity contribution in [2.24, 2.45) is 5.92 Å². The Balaban J connectivity index is 1.24. The van der Waals surface area contributed by atoms with Crippen LogP contribution in [0.25, 0.3) is 0 Å². The minimum absolute atomic E-state index is 0.106. The number of imide groups is 1. The van der Waals surface area contributed by atoms with Crippen molar-refractivity contribution < 1.29 is 19.2 Å². The molecule has 1 unspecified atom stereocenters. The first-order chi connectivity index (χ1) is 16.9. The predicted octanol–water partition coefficient (Wildman–Crippen LogP) is 2.98. The molecular weight excluding hydrogens is 462 g/mol. The van der Waals surface area contributed by atoms with Crippen LogP contribution in [0, 0.1) is 17.8 Å². The number of fused-ring (bicyclic) bond motifs is 1. The summed E-state index contributed by atoms with van der Waals surface area (Å²) in [6.07, 6.45) is 3.16. The lowest BCUT2D eigenvalue weighted by atomic mass is 9.96. The number of piperidine rings is 2. The highest BCUT2D eigenvalue weighted by Gasteiger charge is 2.39. The zero-order chi connectivity index (χ0) is 24.5. The molecule has 3 aliphatic heterocycles. The fraction of sp³-hybridized carbons (Fsp3) is 0.407. The van der Waals surface area contributed by atoms with Gasteiger partial charge in [-0.05, 0) is 55.5 Å². The Bertz CT molecular complexity index is 1260. The monoisotopic (exact) mass is 489 g/mol. The minimum atomic E-state index is -0.632. The molecule has 5 rings (SSSR count). The average molecular weight is 490 g/mol. The normalized spacial score (nSPS) is 20.4. The largest absolute Gasteiger partial charge is 0.338 e. The molecule has 2 fully saturated rings. The van der Waals surface area contributed by atoms with Crippen LogP contribution in [0.1, 0.15) is 68.6 Å². The Hall–Kier alpha value is -3.44. The second-order valence-electron chi connectivity index (χ2n) is 9.19. The van der Waals surface area contributed by atoms with E-state index in [0.717, 1.165) is 35.3 Å². The van der Waals surface area contributed by atoms with Crippen LogP contribution >= 0.6 is 11.3 Å². The molecule has 4 heterocycles. The third kappa shape index (κ3) is 4.61. The van der Waals surface area contributed by atoms with Gasteiger partial charge in [-0.1, -0.05) is 24.8 Å². The summed E-state index contributed by atoms with van der Waals surface area (Å²) in [5.41, 5.74) is 2.21. The highest BCUT2D eigenvalue weighted by atomic mass is 32.1. The second kappa shape index (κ2) is 9.67.